The lowest BCUT2D eigenvalue weighted by molar-refractivity contribution is -0.139. The van der Waals surface area contributed by atoms with Gasteiger partial charge in [-0.25, -0.2) is 4.79 Å². The highest BCUT2D eigenvalue weighted by atomic mass is 16.5. The van der Waals surface area contributed by atoms with Crippen LogP contribution in [0.25, 0.3) is 0 Å². The number of ether oxygens (including phenoxy) is 2. The van der Waals surface area contributed by atoms with Crippen LogP contribution in [-0.4, -0.2) is 63.7 Å². The van der Waals surface area contributed by atoms with Gasteiger partial charge in [0.15, 0.2) is 0 Å². The van der Waals surface area contributed by atoms with Crippen molar-refractivity contribution >= 4 is 11.8 Å². The first-order valence-corrected chi connectivity index (χ1v) is 17.4. The second-order valence-electron chi connectivity index (χ2n) is 12.9. The van der Waals surface area contributed by atoms with E-state index >= 15 is 0 Å². The fraction of sp³-hybridized carbons (Fsp3) is 0.886. The molecule has 0 aromatic rings. The van der Waals surface area contributed by atoms with Crippen LogP contribution >= 0.6 is 0 Å². The maximum Gasteiger partial charge on any atom is 0.334 e. The van der Waals surface area contributed by atoms with Crippen molar-refractivity contribution in [2.45, 2.75) is 198 Å². The standard InChI is InChI=1S/C35H62O7/c1-3-4-5-6-7-8-9-10-11-12-20-31(38)33-24-25-34(42-33)32(39)21-16-15-18-29(36)17-13-14-19-30(37)23-22-28-26-27(2)41-35(28)40/h26-27,30-34,37-39H,3-25H2,1-2H3/t27-,30-,31-,32+,33+,34-/m0/s1. The molecule has 2 aliphatic rings. The molecule has 0 saturated carbocycles. The number of ketones is 1. The van der Waals surface area contributed by atoms with Crippen molar-refractivity contribution in [1.82, 2.24) is 0 Å². The van der Waals surface area contributed by atoms with Crippen LogP contribution in [0.5, 0.6) is 0 Å². The van der Waals surface area contributed by atoms with Crippen molar-refractivity contribution in [2.75, 3.05) is 0 Å². The topological polar surface area (TPSA) is 113 Å². The average molecular weight is 595 g/mol. The van der Waals surface area contributed by atoms with E-state index in [-0.39, 0.29) is 30.1 Å². The molecular weight excluding hydrogens is 532 g/mol. The Morgan fingerprint density at radius 1 is 0.762 bits per heavy atom. The maximum atomic E-state index is 12.2. The Morgan fingerprint density at radius 3 is 1.79 bits per heavy atom. The largest absolute Gasteiger partial charge is 0.455 e. The summed E-state index contributed by atoms with van der Waals surface area (Å²) in [6.45, 7) is 4.08. The van der Waals surface area contributed by atoms with Crippen molar-refractivity contribution in [3.8, 4) is 0 Å². The molecule has 0 amide bonds. The maximum absolute atomic E-state index is 12.2. The Hall–Kier alpha value is -1.28. The Kier molecular flexibility index (Phi) is 19.6. The van der Waals surface area contributed by atoms with Gasteiger partial charge in [0.1, 0.15) is 11.9 Å². The molecule has 2 rings (SSSR count). The van der Waals surface area contributed by atoms with Gasteiger partial charge in [0, 0.05) is 18.4 Å². The lowest BCUT2D eigenvalue weighted by Crippen LogP contribution is -2.31. The SMILES string of the molecule is CCCCCCCCCCCC[C@H](O)[C@H]1CC[C@@H]([C@H](O)CCCCC(=O)CCCC[C@H](O)CCC2=C[C@H](C)OC2=O)O1. The van der Waals surface area contributed by atoms with Gasteiger partial charge in [-0.1, -0.05) is 84.0 Å². The van der Waals surface area contributed by atoms with Gasteiger partial charge in [0.2, 0.25) is 0 Å². The molecule has 0 aromatic carbocycles. The van der Waals surface area contributed by atoms with Crippen molar-refractivity contribution < 1.29 is 34.4 Å². The summed E-state index contributed by atoms with van der Waals surface area (Å²) in [4.78, 5) is 23.9. The van der Waals surface area contributed by atoms with Crippen molar-refractivity contribution in [3.05, 3.63) is 11.6 Å². The molecule has 0 aromatic heterocycles. The summed E-state index contributed by atoms with van der Waals surface area (Å²) in [6, 6.07) is 0. The number of carbonyl (C=O) groups is 2. The Balaban J connectivity index is 1.42. The third-order valence-electron chi connectivity index (χ3n) is 8.98. The minimum Gasteiger partial charge on any atom is -0.455 e. The summed E-state index contributed by atoms with van der Waals surface area (Å²) >= 11 is 0. The highest BCUT2D eigenvalue weighted by Crippen LogP contribution is 2.28. The van der Waals surface area contributed by atoms with Crippen LogP contribution in [0, 0.1) is 0 Å². The molecule has 0 unspecified atom stereocenters. The molecular formula is C35H62O7. The number of aliphatic hydroxyl groups excluding tert-OH is 3. The van der Waals surface area contributed by atoms with E-state index in [0.29, 0.717) is 44.1 Å². The van der Waals surface area contributed by atoms with E-state index in [9.17, 15) is 24.9 Å². The van der Waals surface area contributed by atoms with E-state index < -0.39 is 18.3 Å². The molecule has 42 heavy (non-hydrogen) atoms. The molecule has 3 N–H and O–H groups in total. The molecule has 7 heteroatoms. The van der Waals surface area contributed by atoms with E-state index in [1.165, 1.54) is 57.8 Å². The lowest BCUT2D eigenvalue weighted by Gasteiger charge is -2.22. The molecule has 7 nitrogen and oxygen atoms in total. The first-order chi connectivity index (χ1) is 20.3. The number of hydrogen-bond donors (Lipinski definition) is 3. The lowest BCUT2D eigenvalue weighted by atomic mass is 9.99. The zero-order valence-corrected chi connectivity index (χ0v) is 26.8. The average Bonchev–Trinajstić information content (AvgIpc) is 3.59. The number of rotatable bonds is 26. The molecule has 0 spiro atoms. The van der Waals surface area contributed by atoms with Crippen molar-refractivity contribution in [1.29, 1.82) is 0 Å². The minimum absolute atomic E-state index is 0.164. The van der Waals surface area contributed by atoms with Gasteiger partial charge in [0.25, 0.3) is 0 Å². The van der Waals surface area contributed by atoms with Crippen molar-refractivity contribution in [2.24, 2.45) is 0 Å². The summed E-state index contributed by atoms with van der Waals surface area (Å²) in [5.41, 5.74) is 0.651. The fourth-order valence-electron chi connectivity index (χ4n) is 6.25. The number of cyclic esters (lactones) is 1. The van der Waals surface area contributed by atoms with E-state index in [1.807, 2.05) is 13.0 Å². The predicted octanol–water partition coefficient (Wildman–Crippen LogP) is 7.27. The normalized spacial score (nSPS) is 22.6. The number of aliphatic hydroxyl groups is 3. The minimum atomic E-state index is -0.541. The van der Waals surface area contributed by atoms with Crippen LogP contribution in [-0.2, 0) is 19.1 Å². The van der Waals surface area contributed by atoms with Gasteiger partial charge in [-0.2, -0.15) is 0 Å². The number of hydrogen-bond acceptors (Lipinski definition) is 7. The third kappa shape index (κ3) is 16.0. The summed E-state index contributed by atoms with van der Waals surface area (Å²) in [5, 5.41) is 31.4. The zero-order chi connectivity index (χ0) is 30.6. The Labute approximate surface area is 255 Å². The summed E-state index contributed by atoms with van der Waals surface area (Å²) in [5.74, 6) is -0.0412. The number of carbonyl (C=O) groups excluding carboxylic acids is 2. The first kappa shape index (κ1) is 36.9. The second-order valence-corrected chi connectivity index (χ2v) is 12.9. The van der Waals surface area contributed by atoms with Gasteiger partial charge in [-0.05, 0) is 70.8 Å². The molecule has 0 aliphatic carbocycles. The predicted molar refractivity (Wildman–Crippen MR) is 167 cm³/mol. The molecule has 244 valence electrons. The summed E-state index contributed by atoms with van der Waals surface area (Å²) in [6.07, 6.45) is 21.5. The van der Waals surface area contributed by atoms with Crippen molar-refractivity contribution in [3.63, 3.8) is 0 Å². The number of unbranched alkanes of at least 4 members (excludes halogenated alkanes) is 11. The van der Waals surface area contributed by atoms with Gasteiger partial charge in [0.05, 0.1) is 30.5 Å². The number of Topliss-reactive ketones (excluding diaryl/α,β-unsaturated/α-hetero) is 1. The van der Waals surface area contributed by atoms with E-state index in [0.717, 1.165) is 51.4 Å². The highest BCUT2D eigenvalue weighted by molar-refractivity contribution is 5.90. The smallest absolute Gasteiger partial charge is 0.334 e. The number of esters is 1. The highest BCUT2D eigenvalue weighted by Gasteiger charge is 2.34. The Bertz CT molecular complexity index is 766. The van der Waals surface area contributed by atoms with E-state index in [1.54, 1.807) is 0 Å². The van der Waals surface area contributed by atoms with Crippen LogP contribution in [0.1, 0.15) is 162 Å². The summed E-state index contributed by atoms with van der Waals surface area (Å²) in [7, 11) is 0. The fourth-order valence-corrected chi connectivity index (χ4v) is 6.25. The van der Waals surface area contributed by atoms with Crippen LogP contribution in [0.2, 0.25) is 0 Å². The van der Waals surface area contributed by atoms with Gasteiger partial charge >= 0.3 is 5.97 Å². The monoisotopic (exact) mass is 594 g/mol. The van der Waals surface area contributed by atoms with Gasteiger partial charge in [-0.3, -0.25) is 4.79 Å². The molecule has 2 aliphatic heterocycles. The molecule has 1 fully saturated rings. The zero-order valence-electron chi connectivity index (χ0n) is 26.8. The molecule has 1 saturated heterocycles. The van der Waals surface area contributed by atoms with Crippen LogP contribution in [0.3, 0.4) is 0 Å². The molecule has 0 bridgehead atoms. The van der Waals surface area contributed by atoms with Gasteiger partial charge in [-0.15, -0.1) is 0 Å². The first-order valence-electron chi connectivity index (χ1n) is 17.4. The summed E-state index contributed by atoms with van der Waals surface area (Å²) < 4.78 is 11.1. The molecule has 2 heterocycles. The van der Waals surface area contributed by atoms with E-state index in [2.05, 4.69) is 6.92 Å². The quantitative estimate of drug-likeness (QED) is 0.0713. The van der Waals surface area contributed by atoms with Crippen LogP contribution in [0.15, 0.2) is 11.6 Å². The Morgan fingerprint density at radius 2 is 1.26 bits per heavy atom. The third-order valence-corrected chi connectivity index (χ3v) is 8.98. The van der Waals surface area contributed by atoms with E-state index in [4.69, 9.17) is 9.47 Å². The second kappa shape index (κ2) is 22.3. The molecule has 0 radical (unpaired) electrons. The van der Waals surface area contributed by atoms with Crippen LogP contribution < -0.4 is 0 Å². The van der Waals surface area contributed by atoms with Gasteiger partial charge < -0.3 is 24.8 Å². The molecule has 6 atom stereocenters. The van der Waals surface area contributed by atoms with Crippen LogP contribution in [0.4, 0.5) is 0 Å².